The molecule has 0 aliphatic heterocycles. The van der Waals surface area contributed by atoms with Gasteiger partial charge in [0.05, 0.1) is 15.9 Å². The molecule has 1 N–H and O–H groups in total. The molecule has 142 valence electrons. The molecule has 6 nitrogen and oxygen atoms in total. The molecular weight excluding hydrogens is 374 g/mol. The summed E-state index contributed by atoms with van der Waals surface area (Å²) in [5.74, 6) is -0.362. The van der Waals surface area contributed by atoms with Gasteiger partial charge in [0.25, 0.3) is 11.6 Å². The number of amides is 1. The van der Waals surface area contributed by atoms with Gasteiger partial charge in [0, 0.05) is 28.9 Å². The highest BCUT2D eigenvalue weighted by Gasteiger charge is 2.19. The Morgan fingerprint density at radius 1 is 1.11 bits per heavy atom. The molecule has 0 radical (unpaired) electrons. The standard InChI is InChI=1S/C21H19N3O3S/c1-14-3-6-18(7-4-14)28-20-8-5-17(13-19(20)24(26)27)21(25)23-15(2)16-9-11-22-12-10-16/h3-13,15H,1-2H3,(H,23,25). The van der Waals surface area contributed by atoms with Crippen LogP contribution in [0.2, 0.25) is 0 Å². The fraction of sp³-hybridized carbons (Fsp3) is 0.143. The van der Waals surface area contributed by atoms with Crippen molar-refractivity contribution >= 4 is 23.4 Å². The molecule has 0 aliphatic carbocycles. The Morgan fingerprint density at radius 3 is 2.43 bits per heavy atom. The van der Waals surface area contributed by atoms with Gasteiger partial charge in [-0.3, -0.25) is 19.9 Å². The number of nitro benzene ring substituents is 1. The highest BCUT2D eigenvalue weighted by Crippen LogP contribution is 2.35. The average molecular weight is 393 g/mol. The van der Waals surface area contributed by atoms with Gasteiger partial charge in [-0.15, -0.1) is 0 Å². The zero-order valence-electron chi connectivity index (χ0n) is 15.5. The van der Waals surface area contributed by atoms with E-state index in [1.165, 1.54) is 17.8 Å². The lowest BCUT2D eigenvalue weighted by Gasteiger charge is -2.14. The monoisotopic (exact) mass is 393 g/mol. The smallest absolute Gasteiger partial charge is 0.284 e. The molecule has 7 heteroatoms. The summed E-state index contributed by atoms with van der Waals surface area (Å²) in [6, 6.07) is 15.7. The fourth-order valence-corrected chi connectivity index (χ4v) is 3.54. The van der Waals surface area contributed by atoms with Crippen LogP contribution in [0.5, 0.6) is 0 Å². The number of hydrogen-bond acceptors (Lipinski definition) is 5. The third-order valence-corrected chi connectivity index (χ3v) is 5.29. The van der Waals surface area contributed by atoms with E-state index in [1.54, 1.807) is 24.5 Å². The maximum absolute atomic E-state index is 12.6. The summed E-state index contributed by atoms with van der Waals surface area (Å²) in [6.07, 6.45) is 3.31. The molecule has 0 aliphatic rings. The van der Waals surface area contributed by atoms with Gasteiger partial charge in [-0.05, 0) is 55.8 Å². The molecule has 0 saturated carbocycles. The van der Waals surface area contributed by atoms with Crippen LogP contribution < -0.4 is 5.32 Å². The molecule has 3 aromatic rings. The fourth-order valence-electron chi connectivity index (χ4n) is 2.64. The second-order valence-electron chi connectivity index (χ2n) is 6.33. The largest absolute Gasteiger partial charge is 0.346 e. The minimum absolute atomic E-state index is 0.0882. The van der Waals surface area contributed by atoms with Gasteiger partial charge in [0.2, 0.25) is 0 Å². The quantitative estimate of drug-likeness (QED) is 0.473. The lowest BCUT2D eigenvalue weighted by atomic mass is 10.1. The van der Waals surface area contributed by atoms with Crippen LogP contribution in [0.25, 0.3) is 0 Å². The van der Waals surface area contributed by atoms with Crippen LogP contribution in [-0.2, 0) is 0 Å². The van der Waals surface area contributed by atoms with Crippen LogP contribution >= 0.6 is 11.8 Å². The molecule has 3 rings (SSSR count). The minimum atomic E-state index is -0.459. The van der Waals surface area contributed by atoms with Crippen molar-refractivity contribution in [2.24, 2.45) is 0 Å². The number of carbonyl (C=O) groups is 1. The van der Waals surface area contributed by atoms with Crippen molar-refractivity contribution in [3.05, 3.63) is 93.8 Å². The van der Waals surface area contributed by atoms with E-state index in [1.807, 2.05) is 50.2 Å². The van der Waals surface area contributed by atoms with Gasteiger partial charge in [-0.1, -0.05) is 29.5 Å². The number of carbonyl (C=O) groups excluding carboxylic acids is 1. The van der Waals surface area contributed by atoms with E-state index in [2.05, 4.69) is 10.3 Å². The van der Waals surface area contributed by atoms with E-state index in [0.29, 0.717) is 4.90 Å². The Hall–Kier alpha value is -3.19. The van der Waals surface area contributed by atoms with Crippen molar-refractivity contribution in [3.8, 4) is 0 Å². The summed E-state index contributed by atoms with van der Waals surface area (Å²) in [5, 5.41) is 14.4. The maximum atomic E-state index is 12.6. The van der Waals surface area contributed by atoms with E-state index in [9.17, 15) is 14.9 Å². The van der Waals surface area contributed by atoms with Crippen molar-refractivity contribution in [2.45, 2.75) is 29.7 Å². The van der Waals surface area contributed by atoms with Crippen molar-refractivity contribution in [1.29, 1.82) is 0 Å². The summed E-state index contributed by atoms with van der Waals surface area (Å²) < 4.78 is 0. The SMILES string of the molecule is Cc1ccc(Sc2ccc(C(=O)NC(C)c3ccncc3)cc2[N+](=O)[O-])cc1. The van der Waals surface area contributed by atoms with E-state index in [4.69, 9.17) is 0 Å². The number of benzene rings is 2. The normalized spacial score (nSPS) is 11.6. The van der Waals surface area contributed by atoms with E-state index in [0.717, 1.165) is 16.0 Å². The first-order valence-electron chi connectivity index (χ1n) is 8.68. The number of hydrogen-bond donors (Lipinski definition) is 1. The Labute approximate surface area is 167 Å². The predicted octanol–water partition coefficient (Wildman–Crippen LogP) is 4.94. The van der Waals surface area contributed by atoms with Gasteiger partial charge in [0.15, 0.2) is 0 Å². The maximum Gasteiger partial charge on any atom is 0.284 e. The van der Waals surface area contributed by atoms with Crippen LogP contribution in [0.15, 0.2) is 76.8 Å². The van der Waals surface area contributed by atoms with Crippen LogP contribution in [0.3, 0.4) is 0 Å². The number of aryl methyl sites for hydroxylation is 1. The molecule has 28 heavy (non-hydrogen) atoms. The van der Waals surface area contributed by atoms with E-state index in [-0.39, 0.29) is 23.2 Å². The summed E-state index contributed by atoms with van der Waals surface area (Å²) in [7, 11) is 0. The number of pyridine rings is 1. The highest BCUT2D eigenvalue weighted by atomic mass is 32.2. The zero-order valence-corrected chi connectivity index (χ0v) is 16.3. The number of rotatable bonds is 6. The Kier molecular flexibility index (Phi) is 6.06. The van der Waals surface area contributed by atoms with Crippen LogP contribution in [0.1, 0.15) is 34.5 Å². The van der Waals surface area contributed by atoms with E-state index < -0.39 is 4.92 Å². The number of nitro groups is 1. The molecule has 1 unspecified atom stereocenters. The van der Waals surface area contributed by atoms with Gasteiger partial charge in [-0.25, -0.2) is 0 Å². The summed E-state index contributed by atoms with van der Waals surface area (Å²) in [4.78, 5) is 29.0. The molecular formula is C21H19N3O3S. The molecule has 0 spiro atoms. The number of nitrogens with zero attached hydrogens (tertiary/aromatic N) is 2. The van der Waals surface area contributed by atoms with Gasteiger partial charge in [0.1, 0.15) is 0 Å². The van der Waals surface area contributed by atoms with E-state index >= 15 is 0 Å². The molecule has 1 atom stereocenters. The number of aromatic nitrogens is 1. The summed E-state index contributed by atoms with van der Waals surface area (Å²) in [5.41, 5.74) is 2.19. The van der Waals surface area contributed by atoms with Gasteiger partial charge < -0.3 is 5.32 Å². The second-order valence-corrected chi connectivity index (χ2v) is 7.45. The Morgan fingerprint density at radius 2 is 1.79 bits per heavy atom. The van der Waals surface area contributed by atoms with Crippen LogP contribution in [0, 0.1) is 17.0 Å². The number of nitrogens with one attached hydrogen (secondary N) is 1. The highest BCUT2D eigenvalue weighted by molar-refractivity contribution is 7.99. The molecule has 1 heterocycles. The zero-order chi connectivity index (χ0) is 20.1. The first-order valence-corrected chi connectivity index (χ1v) is 9.49. The average Bonchev–Trinajstić information content (AvgIpc) is 2.70. The van der Waals surface area contributed by atoms with Crippen molar-refractivity contribution in [1.82, 2.24) is 10.3 Å². The van der Waals surface area contributed by atoms with Gasteiger partial charge >= 0.3 is 0 Å². The topological polar surface area (TPSA) is 85.1 Å². The minimum Gasteiger partial charge on any atom is -0.346 e. The molecule has 0 bridgehead atoms. The third-order valence-electron chi connectivity index (χ3n) is 4.22. The molecule has 0 fully saturated rings. The first-order chi connectivity index (χ1) is 13.4. The third kappa shape index (κ3) is 4.75. The second kappa shape index (κ2) is 8.67. The van der Waals surface area contributed by atoms with Crippen LogP contribution in [0.4, 0.5) is 5.69 Å². The van der Waals surface area contributed by atoms with Crippen molar-refractivity contribution in [2.75, 3.05) is 0 Å². The Bertz CT molecular complexity index is 992. The summed E-state index contributed by atoms with van der Waals surface area (Å²) >= 11 is 1.30. The lowest BCUT2D eigenvalue weighted by Crippen LogP contribution is -2.26. The Balaban J connectivity index is 1.80. The molecule has 2 aromatic carbocycles. The van der Waals surface area contributed by atoms with Gasteiger partial charge in [-0.2, -0.15) is 0 Å². The lowest BCUT2D eigenvalue weighted by molar-refractivity contribution is -0.387. The van der Waals surface area contributed by atoms with Crippen LogP contribution in [-0.4, -0.2) is 15.8 Å². The molecule has 0 saturated heterocycles. The molecule has 1 aromatic heterocycles. The summed E-state index contributed by atoms with van der Waals surface area (Å²) in [6.45, 7) is 3.83. The molecule has 1 amide bonds. The van der Waals surface area contributed by atoms with Crippen molar-refractivity contribution in [3.63, 3.8) is 0 Å². The predicted molar refractivity (Wildman–Crippen MR) is 109 cm³/mol. The first kappa shape index (κ1) is 19.6. The van der Waals surface area contributed by atoms with Crippen molar-refractivity contribution < 1.29 is 9.72 Å².